The molecule has 2 aromatic carbocycles. The number of aromatic nitrogens is 2. The third-order valence-electron chi connectivity index (χ3n) is 5.70. The molecule has 1 saturated heterocycles. The second kappa shape index (κ2) is 10.2. The molecule has 10 nitrogen and oxygen atoms in total. The first kappa shape index (κ1) is 25.5. The summed E-state index contributed by atoms with van der Waals surface area (Å²) < 4.78 is 42.2. The molecule has 1 aromatic heterocycles. The molecule has 0 saturated carbocycles. The van der Waals surface area contributed by atoms with E-state index in [1.807, 2.05) is 0 Å². The summed E-state index contributed by atoms with van der Waals surface area (Å²) in [5.74, 6) is -1.65. The number of alkyl halides is 3. The number of amides is 3. The van der Waals surface area contributed by atoms with Gasteiger partial charge in [0.15, 0.2) is 5.82 Å². The molecule has 0 bridgehead atoms. The molecule has 3 aromatic rings. The molecule has 3 amide bonds. The lowest BCUT2D eigenvalue weighted by Crippen LogP contribution is -2.45. The van der Waals surface area contributed by atoms with Crippen LogP contribution in [-0.2, 0) is 4.79 Å². The molecule has 1 aliphatic heterocycles. The van der Waals surface area contributed by atoms with Crippen LogP contribution in [0.3, 0.4) is 0 Å². The van der Waals surface area contributed by atoms with Crippen molar-refractivity contribution in [3.63, 3.8) is 0 Å². The fourth-order valence-corrected chi connectivity index (χ4v) is 3.99. The maximum atomic E-state index is 12.9. The molecular formula is C24H22F3N5O5. The maximum Gasteiger partial charge on any atom is 0.573 e. The fraction of sp³-hybridized carbons (Fsp3) is 0.250. The number of hydrogen-bond donors (Lipinski definition) is 3. The van der Waals surface area contributed by atoms with Gasteiger partial charge in [0.1, 0.15) is 11.8 Å². The van der Waals surface area contributed by atoms with E-state index in [9.17, 15) is 32.7 Å². The smallest absolute Gasteiger partial charge is 0.478 e. The van der Waals surface area contributed by atoms with Gasteiger partial charge in [-0.3, -0.25) is 4.79 Å². The van der Waals surface area contributed by atoms with Crippen molar-refractivity contribution in [1.82, 2.24) is 14.7 Å². The zero-order chi connectivity index (χ0) is 26.7. The van der Waals surface area contributed by atoms with Gasteiger partial charge < -0.3 is 25.4 Å². The van der Waals surface area contributed by atoms with E-state index in [0.717, 1.165) is 12.1 Å². The highest BCUT2D eigenvalue weighted by Crippen LogP contribution is 2.25. The van der Waals surface area contributed by atoms with Crippen LogP contribution in [0.1, 0.15) is 28.8 Å². The highest BCUT2D eigenvalue weighted by atomic mass is 19.4. The van der Waals surface area contributed by atoms with Gasteiger partial charge in [0, 0.05) is 24.5 Å². The van der Waals surface area contributed by atoms with Gasteiger partial charge >= 0.3 is 18.4 Å². The van der Waals surface area contributed by atoms with E-state index in [1.54, 1.807) is 31.3 Å². The number of carboxylic acids is 1. The minimum absolute atomic E-state index is 0.176. The molecule has 0 aliphatic carbocycles. The summed E-state index contributed by atoms with van der Waals surface area (Å²) >= 11 is 0. The minimum Gasteiger partial charge on any atom is -0.478 e. The number of nitrogens with one attached hydrogen (secondary N) is 2. The lowest BCUT2D eigenvalue weighted by atomic mass is 10.1. The maximum absolute atomic E-state index is 12.9. The summed E-state index contributed by atoms with van der Waals surface area (Å²) in [6, 6.07) is 9.64. The average molecular weight is 517 g/mol. The third-order valence-corrected chi connectivity index (χ3v) is 5.70. The summed E-state index contributed by atoms with van der Waals surface area (Å²) in [6.45, 7) is 1.99. The molecule has 0 radical (unpaired) electrons. The number of nitrogens with zero attached hydrogens (tertiary/aromatic N) is 3. The van der Waals surface area contributed by atoms with Gasteiger partial charge in [-0.25, -0.2) is 14.3 Å². The van der Waals surface area contributed by atoms with Crippen molar-refractivity contribution < 1.29 is 37.4 Å². The van der Waals surface area contributed by atoms with Crippen LogP contribution < -0.4 is 15.4 Å². The first-order chi connectivity index (χ1) is 17.5. The van der Waals surface area contributed by atoms with Crippen molar-refractivity contribution in [3.05, 3.63) is 65.9 Å². The molecular weight excluding hydrogens is 495 g/mol. The van der Waals surface area contributed by atoms with Crippen LogP contribution in [0, 0.1) is 6.92 Å². The summed E-state index contributed by atoms with van der Waals surface area (Å²) in [6.07, 6.45) is -2.20. The zero-order valence-corrected chi connectivity index (χ0v) is 19.5. The molecule has 13 heteroatoms. The van der Waals surface area contributed by atoms with Gasteiger partial charge in [-0.2, -0.15) is 5.10 Å². The van der Waals surface area contributed by atoms with Crippen molar-refractivity contribution in [2.24, 2.45) is 0 Å². The van der Waals surface area contributed by atoms with Crippen molar-refractivity contribution in [3.8, 4) is 11.4 Å². The van der Waals surface area contributed by atoms with E-state index in [4.69, 9.17) is 0 Å². The second-order valence-electron chi connectivity index (χ2n) is 8.29. The van der Waals surface area contributed by atoms with E-state index in [1.165, 1.54) is 27.8 Å². The highest BCUT2D eigenvalue weighted by molar-refractivity contribution is 5.99. The number of carbonyl (C=O) groups is 3. The minimum atomic E-state index is -4.82. The topological polar surface area (TPSA) is 126 Å². The van der Waals surface area contributed by atoms with Gasteiger partial charge in [0.05, 0.1) is 11.3 Å². The van der Waals surface area contributed by atoms with Crippen LogP contribution in [0.4, 0.5) is 29.5 Å². The van der Waals surface area contributed by atoms with E-state index >= 15 is 0 Å². The standard InChI is InChI=1S/C24H22F3N5O5/c1-14-13-16(6-9-18(14)22(34)35)32-12-10-20(30-32)29-21(33)19-3-2-11-31(19)23(36)28-15-4-7-17(8-5-15)37-24(25,26)27/h4-10,12-13,19H,2-3,11H2,1H3,(H,28,36)(H,34,35)(H,29,30,33). The van der Waals surface area contributed by atoms with Crippen molar-refractivity contribution in [2.75, 3.05) is 17.2 Å². The Morgan fingerprint density at radius 2 is 1.81 bits per heavy atom. The van der Waals surface area contributed by atoms with E-state index in [0.29, 0.717) is 30.6 Å². The van der Waals surface area contributed by atoms with Gasteiger partial charge in [0.25, 0.3) is 0 Å². The lowest BCUT2D eigenvalue weighted by molar-refractivity contribution is -0.274. The molecule has 1 unspecified atom stereocenters. The highest BCUT2D eigenvalue weighted by Gasteiger charge is 2.35. The Morgan fingerprint density at radius 3 is 2.46 bits per heavy atom. The Kier molecular flexibility index (Phi) is 7.05. The second-order valence-corrected chi connectivity index (χ2v) is 8.29. The number of ether oxygens (including phenoxy) is 1. The molecule has 1 atom stereocenters. The monoisotopic (exact) mass is 517 g/mol. The molecule has 1 fully saturated rings. The van der Waals surface area contributed by atoms with Gasteiger partial charge in [-0.05, 0) is 67.8 Å². The number of rotatable bonds is 6. The first-order valence-electron chi connectivity index (χ1n) is 11.1. The largest absolute Gasteiger partial charge is 0.573 e. The van der Waals surface area contributed by atoms with Crippen LogP contribution in [0.15, 0.2) is 54.7 Å². The first-order valence-corrected chi connectivity index (χ1v) is 11.1. The van der Waals surface area contributed by atoms with Gasteiger partial charge in [0.2, 0.25) is 5.91 Å². The average Bonchev–Trinajstić information content (AvgIpc) is 3.49. The number of halogens is 3. The van der Waals surface area contributed by atoms with Gasteiger partial charge in [-0.15, -0.1) is 13.2 Å². The predicted octanol–water partition coefficient (Wildman–Crippen LogP) is 4.41. The Morgan fingerprint density at radius 1 is 1.08 bits per heavy atom. The normalized spacial score (nSPS) is 15.4. The molecule has 1 aliphatic rings. The molecule has 0 spiro atoms. The van der Waals surface area contributed by atoms with Crippen molar-refractivity contribution in [2.45, 2.75) is 32.2 Å². The summed E-state index contributed by atoms with van der Waals surface area (Å²) in [5.41, 5.74) is 1.58. The zero-order valence-electron chi connectivity index (χ0n) is 19.5. The molecule has 4 rings (SSSR count). The SMILES string of the molecule is Cc1cc(-n2ccc(NC(=O)C3CCCN3C(=O)Nc3ccc(OC(F)(F)F)cc3)n2)ccc1C(=O)O. The quantitative estimate of drug-likeness (QED) is 0.445. The number of likely N-dealkylation sites (tertiary alicyclic amines) is 1. The Hall–Kier alpha value is -4.55. The van der Waals surface area contributed by atoms with Crippen molar-refractivity contribution >= 4 is 29.4 Å². The summed E-state index contributed by atoms with van der Waals surface area (Å²) in [7, 11) is 0. The number of aryl methyl sites for hydroxylation is 1. The number of hydrogen-bond acceptors (Lipinski definition) is 5. The van der Waals surface area contributed by atoms with Crippen molar-refractivity contribution in [1.29, 1.82) is 0 Å². The molecule has 2 heterocycles. The fourth-order valence-electron chi connectivity index (χ4n) is 3.99. The van der Waals surface area contributed by atoms with Crippen LogP contribution in [0.5, 0.6) is 5.75 Å². The van der Waals surface area contributed by atoms with E-state index in [2.05, 4.69) is 20.5 Å². The van der Waals surface area contributed by atoms with Gasteiger partial charge in [-0.1, -0.05) is 0 Å². The van der Waals surface area contributed by atoms with Crippen LogP contribution in [0.25, 0.3) is 5.69 Å². The number of anilines is 2. The Bertz CT molecular complexity index is 1320. The molecule has 194 valence electrons. The van der Waals surface area contributed by atoms with Crippen LogP contribution >= 0.6 is 0 Å². The Labute approximate surface area is 208 Å². The number of benzene rings is 2. The molecule has 3 N–H and O–H groups in total. The predicted molar refractivity (Wildman–Crippen MR) is 126 cm³/mol. The third kappa shape index (κ3) is 6.18. The van der Waals surface area contributed by atoms with Crippen LogP contribution in [-0.4, -0.2) is 56.6 Å². The summed E-state index contributed by atoms with van der Waals surface area (Å²) in [4.78, 5) is 38.2. The number of carbonyl (C=O) groups excluding carboxylic acids is 2. The van der Waals surface area contributed by atoms with E-state index in [-0.39, 0.29) is 17.1 Å². The lowest BCUT2D eigenvalue weighted by Gasteiger charge is -2.24. The number of carboxylic acid groups (broad SMARTS) is 1. The number of urea groups is 1. The summed E-state index contributed by atoms with van der Waals surface area (Å²) in [5, 5.41) is 18.7. The van der Waals surface area contributed by atoms with Crippen LogP contribution in [0.2, 0.25) is 0 Å². The number of aromatic carboxylic acids is 1. The molecule has 37 heavy (non-hydrogen) atoms. The Balaban J connectivity index is 1.38. The van der Waals surface area contributed by atoms with E-state index < -0.39 is 36.1 Å².